The summed E-state index contributed by atoms with van der Waals surface area (Å²) in [6, 6.07) is 13.2. The number of thiazole rings is 1. The monoisotopic (exact) mass is 408 g/mol. The zero-order valence-electron chi connectivity index (χ0n) is 13.3. The first kappa shape index (κ1) is 18.3. The molecule has 0 aliphatic heterocycles. The first-order valence-corrected chi connectivity index (χ1v) is 10.0. The second-order valence-corrected chi connectivity index (χ2v) is 8.25. The highest BCUT2D eigenvalue weighted by molar-refractivity contribution is 8.01. The number of aromatic nitrogens is 1. The summed E-state index contributed by atoms with van der Waals surface area (Å²) in [7, 11) is 0. The molecule has 3 nitrogen and oxygen atoms in total. The smallest absolute Gasteiger partial charge is 0.234 e. The molecule has 1 amide bonds. The molecule has 0 saturated heterocycles. The molecule has 0 saturated carbocycles. The number of amides is 1. The van der Waals surface area contributed by atoms with E-state index in [2.05, 4.69) is 29.4 Å². The summed E-state index contributed by atoms with van der Waals surface area (Å²) in [6.07, 6.45) is 0. The summed E-state index contributed by atoms with van der Waals surface area (Å²) in [5.74, 6) is 0.102. The van der Waals surface area contributed by atoms with Gasteiger partial charge in [0.05, 0.1) is 22.2 Å². The molecule has 0 bridgehead atoms. The van der Waals surface area contributed by atoms with E-state index in [1.54, 1.807) is 18.2 Å². The molecular formula is C18H14Cl2N2OS2. The fourth-order valence-corrected chi connectivity index (χ4v) is 4.06. The zero-order chi connectivity index (χ0) is 17.8. The van der Waals surface area contributed by atoms with Gasteiger partial charge in [-0.2, -0.15) is 0 Å². The third-order valence-corrected chi connectivity index (χ3v) is 5.95. The Labute approximate surface area is 164 Å². The van der Waals surface area contributed by atoms with Crippen LogP contribution in [0.4, 0.5) is 5.69 Å². The predicted octanol–water partition coefficient (Wildman–Crippen LogP) is 6.16. The lowest BCUT2D eigenvalue weighted by molar-refractivity contribution is -0.113. The molecule has 3 rings (SSSR count). The highest BCUT2D eigenvalue weighted by Crippen LogP contribution is 2.29. The number of benzene rings is 2. The standard InChI is InChI=1S/C18H14Cl2N2OS2/c1-11-2-4-12(5-3-11)16-9-24-18(22-16)25-10-17(23)21-15-8-13(19)6-7-14(15)20/h2-9H,10H2,1H3,(H,21,23). The van der Waals surface area contributed by atoms with Crippen LogP contribution in [-0.2, 0) is 4.79 Å². The molecule has 0 aliphatic carbocycles. The van der Waals surface area contributed by atoms with Crippen LogP contribution in [0.3, 0.4) is 0 Å². The molecule has 0 spiro atoms. The average molecular weight is 409 g/mol. The highest BCUT2D eigenvalue weighted by Gasteiger charge is 2.10. The van der Waals surface area contributed by atoms with Crippen molar-refractivity contribution in [2.24, 2.45) is 0 Å². The van der Waals surface area contributed by atoms with Crippen LogP contribution in [0.15, 0.2) is 52.2 Å². The molecule has 128 valence electrons. The Balaban J connectivity index is 1.59. The number of carbonyl (C=O) groups is 1. The maximum atomic E-state index is 12.1. The number of hydrogen-bond acceptors (Lipinski definition) is 4. The van der Waals surface area contributed by atoms with Crippen LogP contribution >= 0.6 is 46.3 Å². The third kappa shape index (κ3) is 4.98. The molecule has 1 heterocycles. The molecule has 0 unspecified atom stereocenters. The fraction of sp³-hybridized carbons (Fsp3) is 0.111. The minimum atomic E-state index is -0.152. The predicted molar refractivity (Wildman–Crippen MR) is 108 cm³/mol. The van der Waals surface area contributed by atoms with Gasteiger partial charge in [-0.25, -0.2) is 4.98 Å². The van der Waals surface area contributed by atoms with Crippen molar-refractivity contribution in [3.63, 3.8) is 0 Å². The van der Waals surface area contributed by atoms with E-state index in [1.165, 1.54) is 28.7 Å². The number of thioether (sulfide) groups is 1. The molecule has 0 atom stereocenters. The van der Waals surface area contributed by atoms with E-state index in [4.69, 9.17) is 23.2 Å². The Bertz CT molecular complexity index is 894. The van der Waals surface area contributed by atoms with Crippen molar-refractivity contribution in [1.82, 2.24) is 4.98 Å². The Kier molecular flexibility index (Phi) is 6.02. The molecule has 0 radical (unpaired) electrons. The second-order valence-electron chi connectivity index (χ2n) is 5.33. The van der Waals surface area contributed by atoms with E-state index < -0.39 is 0 Å². The molecule has 1 N–H and O–H groups in total. The van der Waals surface area contributed by atoms with Crippen LogP contribution in [0.2, 0.25) is 10.0 Å². The van der Waals surface area contributed by atoms with Gasteiger partial charge in [-0.05, 0) is 25.1 Å². The molecule has 0 aliphatic rings. The van der Waals surface area contributed by atoms with Crippen molar-refractivity contribution >= 4 is 57.9 Å². The van der Waals surface area contributed by atoms with E-state index in [0.717, 1.165) is 15.6 Å². The topological polar surface area (TPSA) is 42.0 Å². The number of halogens is 2. The zero-order valence-corrected chi connectivity index (χ0v) is 16.4. The molecule has 7 heteroatoms. The van der Waals surface area contributed by atoms with E-state index in [9.17, 15) is 4.79 Å². The lowest BCUT2D eigenvalue weighted by Gasteiger charge is -2.06. The van der Waals surface area contributed by atoms with Gasteiger partial charge < -0.3 is 5.32 Å². The molecule has 2 aromatic carbocycles. The summed E-state index contributed by atoms with van der Waals surface area (Å²) in [4.78, 5) is 16.7. The van der Waals surface area contributed by atoms with Crippen LogP contribution in [0.1, 0.15) is 5.56 Å². The van der Waals surface area contributed by atoms with Gasteiger partial charge in [0.25, 0.3) is 0 Å². The molecular weight excluding hydrogens is 395 g/mol. The van der Waals surface area contributed by atoms with Crippen molar-refractivity contribution in [1.29, 1.82) is 0 Å². The van der Waals surface area contributed by atoms with Gasteiger partial charge in [-0.3, -0.25) is 4.79 Å². The molecule has 25 heavy (non-hydrogen) atoms. The quantitative estimate of drug-likeness (QED) is 0.514. The van der Waals surface area contributed by atoms with E-state index in [1.807, 2.05) is 17.5 Å². The number of hydrogen-bond donors (Lipinski definition) is 1. The van der Waals surface area contributed by atoms with Gasteiger partial charge in [0.2, 0.25) is 5.91 Å². The Morgan fingerprint density at radius 3 is 2.72 bits per heavy atom. The number of aryl methyl sites for hydroxylation is 1. The largest absolute Gasteiger partial charge is 0.324 e. The van der Waals surface area contributed by atoms with Crippen LogP contribution in [0, 0.1) is 6.92 Å². The van der Waals surface area contributed by atoms with Gasteiger partial charge in [0.1, 0.15) is 0 Å². The van der Waals surface area contributed by atoms with Gasteiger partial charge in [0, 0.05) is 16.0 Å². The van der Waals surface area contributed by atoms with Crippen LogP contribution in [0.5, 0.6) is 0 Å². The highest BCUT2D eigenvalue weighted by atomic mass is 35.5. The first-order chi connectivity index (χ1) is 12.0. The number of nitrogens with one attached hydrogen (secondary N) is 1. The number of anilines is 1. The lowest BCUT2D eigenvalue weighted by Crippen LogP contribution is -2.14. The number of nitrogens with zero attached hydrogens (tertiary/aromatic N) is 1. The van der Waals surface area contributed by atoms with Gasteiger partial charge >= 0.3 is 0 Å². The SMILES string of the molecule is Cc1ccc(-c2csc(SCC(=O)Nc3cc(Cl)ccc3Cl)n2)cc1. The minimum Gasteiger partial charge on any atom is -0.324 e. The lowest BCUT2D eigenvalue weighted by atomic mass is 10.1. The van der Waals surface area contributed by atoms with Gasteiger partial charge in [-0.15, -0.1) is 11.3 Å². The maximum absolute atomic E-state index is 12.1. The third-order valence-electron chi connectivity index (χ3n) is 3.36. The Morgan fingerprint density at radius 1 is 1.20 bits per heavy atom. The first-order valence-electron chi connectivity index (χ1n) is 7.41. The van der Waals surface area contributed by atoms with Crippen molar-refractivity contribution in [3.05, 3.63) is 63.5 Å². The van der Waals surface area contributed by atoms with E-state index in [0.29, 0.717) is 15.7 Å². The Morgan fingerprint density at radius 2 is 1.96 bits per heavy atom. The number of carbonyl (C=O) groups excluding carboxylic acids is 1. The Hall–Kier alpha value is -1.53. The fourth-order valence-electron chi connectivity index (χ4n) is 2.09. The van der Waals surface area contributed by atoms with Crippen LogP contribution in [0.25, 0.3) is 11.3 Å². The molecule has 3 aromatic rings. The van der Waals surface area contributed by atoms with Gasteiger partial charge in [0.15, 0.2) is 4.34 Å². The summed E-state index contributed by atoms with van der Waals surface area (Å²) >= 11 is 14.9. The van der Waals surface area contributed by atoms with Crippen molar-refractivity contribution in [2.45, 2.75) is 11.3 Å². The average Bonchev–Trinajstić information content (AvgIpc) is 3.06. The van der Waals surface area contributed by atoms with Gasteiger partial charge in [-0.1, -0.05) is 64.8 Å². The normalized spacial score (nSPS) is 10.7. The molecule has 0 fully saturated rings. The number of rotatable bonds is 5. The minimum absolute atomic E-state index is 0.152. The van der Waals surface area contributed by atoms with E-state index >= 15 is 0 Å². The van der Waals surface area contributed by atoms with Crippen molar-refractivity contribution in [3.8, 4) is 11.3 Å². The summed E-state index contributed by atoms with van der Waals surface area (Å²) in [5, 5.41) is 5.75. The van der Waals surface area contributed by atoms with E-state index in [-0.39, 0.29) is 11.7 Å². The summed E-state index contributed by atoms with van der Waals surface area (Å²) in [5.41, 5.74) is 3.72. The van der Waals surface area contributed by atoms with Crippen LogP contribution in [-0.4, -0.2) is 16.6 Å². The molecule has 1 aromatic heterocycles. The van der Waals surface area contributed by atoms with Crippen molar-refractivity contribution in [2.75, 3.05) is 11.1 Å². The maximum Gasteiger partial charge on any atom is 0.234 e. The summed E-state index contributed by atoms with van der Waals surface area (Å²) < 4.78 is 0.850. The van der Waals surface area contributed by atoms with Crippen molar-refractivity contribution < 1.29 is 4.79 Å². The van der Waals surface area contributed by atoms with Crippen LogP contribution < -0.4 is 5.32 Å². The summed E-state index contributed by atoms with van der Waals surface area (Å²) in [6.45, 7) is 2.05. The second kappa shape index (κ2) is 8.23.